The summed E-state index contributed by atoms with van der Waals surface area (Å²) in [6.45, 7) is 1.14. The Labute approximate surface area is 96.0 Å². The summed E-state index contributed by atoms with van der Waals surface area (Å²) < 4.78 is 30.1. The van der Waals surface area contributed by atoms with Crippen LogP contribution in [-0.4, -0.2) is 29.0 Å². The predicted octanol–water partition coefficient (Wildman–Crippen LogP) is -0.573. The van der Waals surface area contributed by atoms with E-state index < -0.39 is 33.2 Å². The summed E-state index contributed by atoms with van der Waals surface area (Å²) in [5.41, 5.74) is -1.21. The van der Waals surface area contributed by atoms with Gasteiger partial charge in [0.1, 0.15) is 11.4 Å². The van der Waals surface area contributed by atoms with E-state index in [1.54, 1.807) is 0 Å². The van der Waals surface area contributed by atoms with Crippen LogP contribution in [0.1, 0.15) is 12.5 Å². The molecule has 0 unspecified atom stereocenters. The highest BCUT2D eigenvalue weighted by Crippen LogP contribution is 2.24. The molecule has 1 heterocycles. The minimum atomic E-state index is -4.38. The molecule has 1 aromatic heterocycles. The number of hydrogen-bond acceptors (Lipinski definition) is 5. The van der Waals surface area contributed by atoms with Crippen LogP contribution in [0.5, 0.6) is 5.88 Å². The first-order chi connectivity index (χ1) is 7.69. The van der Waals surface area contributed by atoms with E-state index in [4.69, 9.17) is 4.55 Å². The SMILES string of the molecule is CC(=O)Nc1c(CS(=O)(=O)O)cc(=O)[nH]c1O. The smallest absolute Gasteiger partial charge is 0.269 e. The average molecular weight is 262 g/mol. The van der Waals surface area contributed by atoms with E-state index in [0.717, 1.165) is 13.0 Å². The molecule has 0 saturated carbocycles. The first-order valence-electron chi connectivity index (χ1n) is 4.37. The second-order valence-corrected chi connectivity index (χ2v) is 4.74. The number of anilines is 1. The Hall–Kier alpha value is -1.87. The summed E-state index contributed by atoms with van der Waals surface area (Å²) in [4.78, 5) is 23.9. The lowest BCUT2D eigenvalue weighted by Crippen LogP contribution is -2.16. The fourth-order valence-corrected chi connectivity index (χ4v) is 1.84. The molecule has 1 aromatic rings. The molecule has 0 radical (unpaired) electrons. The molecule has 0 atom stereocenters. The van der Waals surface area contributed by atoms with E-state index in [9.17, 15) is 23.1 Å². The van der Waals surface area contributed by atoms with Crippen molar-refractivity contribution in [3.8, 4) is 5.88 Å². The third-order valence-corrected chi connectivity index (χ3v) is 2.42. The van der Waals surface area contributed by atoms with Gasteiger partial charge >= 0.3 is 0 Å². The number of nitrogens with one attached hydrogen (secondary N) is 2. The topological polar surface area (TPSA) is 137 Å². The highest BCUT2D eigenvalue weighted by Gasteiger charge is 2.16. The van der Waals surface area contributed by atoms with Crippen LogP contribution in [0.2, 0.25) is 0 Å². The van der Waals surface area contributed by atoms with Gasteiger partial charge in [-0.3, -0.25) is 19.1 Å². The zero-order chi connectivity index (χ0) is 13.2. The molecule has 4 N–H and O–H groups in total. The fraction of sp³-hybridized carbons (Fsp3) is 0.250. The van der Waals surface area contributed by atoms with Gasteiger partial charge in [-0.2, -0.15) is 8.42 Å². The van der Waals surface area contributed by atoms with Gasteiger partial charge in [0.05, 0.1) is 0 Å². The van der Waals surface area contributed by atoms with Gasteiger partial charge in [0.25, 0.3) is 15.7 Å². The summed E-state index contributed by atoms with van der Waals surface area (Å²) in [6, 6.07) is 0.860. The van der Waals surface area contributed by atoms with Crippen molar-refractivity contribution in [1.82, 2.24) is 4.98 Å². The molecule has 1 rings (SSSR count). The third kappa shape index (κ3) is 3.89. The molecule has 0 aromatic carbocycles. The number of carbonyl (C=O) groups is 1. The largest absolute Gasteiger partial charge is 0.493 e. The van der Waals surface area contributed by atoms with E-state index in [1.807, 2.05) is 4.98 Å². The number of hydrogen-bond donors (Lipinski definition) is 4. The molecule has 1 amide bonds. The van der Waals surface area contributed by atoms with Gasteiger partial charge < -0.3 is 10.4 Å². The van der Waals surface area contributed by atoms with Crippen LogP contribution in [0.3, 0.4) is 0 Å². The van der Waals surface area contributed by atoms with E-state index in [0.29, 0.717) is 0 Å². The average Bonchev–Trinajstić information content (AvgIpc) is 2.07. The molecule has 8 nitrogen and oxygen atoms in total. The predicted molar refractivity (Wildman–Crippen MR) is 58.3 cm³/mol. The van der Waals surface area contributed by atoms with Crippen molar-refractivity contribution in [3.63, 3.8) is 0 Å². The van der Waals surface area contributed by atoms with Crippen LogP contribution in [0.15, 0.2) is 10.9 Å². The van der Waals surface area contributed by atoms with Crippen LogP contribution in [0, 0.1) is 0 Å². The number of amides is 1. The molecule has 0 spiro atoms. The second kappa shape index (κ2) is 4.55. The maximum absolute atomic E-state index is 11.0. The summed E-state index contributed by atoms with van der Waals surface area (Å²) in [7, 11) is -4.38. The van der Waals surface area contributed by atoms with Crippen molar-refractivity contribution in [2.75, 3.05) is 5.32 Å². The van der Waals surface area contributed by atoms with Gasteiger partial charge in [-0.05, 0) is 0 Å². The standard InChI is InChI=1S/C8H10N2O6S/c1-4(11)9-7-5(3-17(14,15)16)2-6(12)10-8(7)13/h2H,3H2,1H3,(H,9,11)(H2,10,12,13)(H,14,15,16). The molecule has 0 saturated heterocycles. The third-order valence-electron chi connectivity index (χ3n) is 1.74. The second-order valence-electron chi connectivity index (χ2n) is 3.29. The van der Waals surface area contributed by atoms with Crippen molar-refractivity contribution in [2.24, 2.45) is 0 Å². The van der Waals surface area contributed by atoms with Crippen molar-refractivity contribution in [1.29, 1.82) is 0 Å². The highest BCUT2D eigenvalue weighted by atomic mass is 32.2. The molecule has 0 bridgehead atoms. The van der Waals surface area contributed by atoms with Gasteiger partial charge in [0.2, 0.25) is 11.8 Å². The van der Waals surface area contributed by atoms with Crippen molar-refractivity contribution >= 4 is 21.7 Å². The lowest BCUT2D eigenvalue weighted by atomic mass is 10.2. The summed E-state index contributed by atoms with van der Waals surface area (Å²) >= 11 is 0. The number of H-pyrrole nitrogens is 1. The van der Waals surface area contributed by atoms with Gasteiger partial charge in [-0.25, -0.2) is 0 Å². The van der Waals surface area contributed by atoms with Crippen molar-refractivity contribution in [2.45, 2.75) is 12.7 Å². The van der Waals surface area contributed by atoms with Crippen LogP contribution in [-0.2, 0) is 20.7 Å². The highest BCUT2D eigenvalue weighted by molar-refractivity contribution is 7.85. The van der Waals surface area contributed by atoms with E-state index >= 15 is 0 Å². The van der Waals surface area contributed by atoms with Crippen molar-refractivity contribution in [3.05, 3.63) is 22.0 Å². The number of aromatic nitrogens is 1. The first-order valence-corrected chi connectivity index (χ1v) is 5.98. The maximum atomic E-state index is 11.0. The summed E-state index contributed by atoms with van der Waals surface area (Å²) in [5, 5.41) is 11.5. The quantitative estimate of drug-likeness (QED) is 0.538. The lowest BCUT2D eigenvalue weighted by molar-refractivity contribution is -0.114. The van der Waals surface area contributed by atoms with Gasteiger partial charge in [0.15, 0.2) is 0 Å². The van der Waals surface area contributed by atoms with E-state index in [2.05, 4.69) is 5.32 Å². The Morgan fingerprint density at radius 3 is 2.59 bits per heavy atom. The number of aromatic hydroxyl groups is 1. The van der Waals surface area contributed by atoms with Crippen LogP contribution >= 0.6 is 0 Å². The molecule has 94 valence electrons. The summed E-state index contributed by atoms with van der Waals surface area (Å²) in [6.07, 6.45) is 0. The molecule has 0 aliphatic carbocycles. The Bertz CT molecular complexity index is 603. The molecule has 0 aliphatic rings. The van der Waals surface area contributed by atoms with Crippen LogP contribution in [0.25, 0.3) is 0 Å². The van der Waals surface area contributed by atoms with Gasteiger partial charge in [0, 0.05) is 18.6 Å². The van der Waals surface area contributed by atoms with Crippen LogP contribution in [0.4, 0.5) is 5.69 Å². The van der Waals surface area contributed by atoms with Gasteiger partial charge in [-0.15, -0.1) is 0 Å². The molecular formula is C8H10N2O6S. The Morgan fingerprint density at radius 2 is 2.12 bits per heavy atom. The monoisotopic (exact) mass is 262 g/mol. The fourth-order valence-electron chi connectivity index (χ4n) is 1.22. The van der Waals surface area contributed by atoms with Crippen molar-refractivity contribution < 1.29 is 22.9 Å². The Kier molecular flexibility index (Phi) is 3.53. The first kappa shape index (κ1) is 13.2. The number of carbonyl (C=O) groups excluding carboxylic acids is 1. The Morgan fingerprint density at radius 1 is 1.53 bits per heavy atom. The number of pyridine rings is 1. The van der Waals surface area contributed by atoms with Gasteiger partial charge in [-0.1, -0.05) is 0 Å². The zero-order valence-corrected chi connectivity index (χ0v) is 9.54. The molecule has 0 fully saturated rings. The normalized spacial score (nSPS) is 11.2. The number of rotatable bonds is 3. The number of aromatic amines is 1. The van der Waals surface area contributed by atoms with Crippen LogP contribution < -0.4 is 10.9 Å². The van der Waals surface area contributed by atoms with E-state index in [1.165, 1.54) is 0 Å². The minimum Gasteiger partial charge on any atom is -0.493 e. The lowest BCUT2D eigenvalue weighted by Gasteiger charge is -2.09. The maximum Gasteiger partial charge on any atom is 0.269 e. The molecule has 9 heteroatoms. The zero-order valence-electron chi connectivity index (χ0n) is 8.72. The van der Waals surface area contributed by atoms with E-state index in [-0.39, 0.29) is 11.3 Å². The molecular weight excluding hydrogens is 252 g/mol. The Balaban J connectivity index is 3.35. The molecule has 17 heavy (non-hydrogen) atoms. The molecule has 0 aliphatic heterocycles. The summed E-state index contributed by atoms with van der Waals surface area (Å²) in [5.74, 6) is -2.13. The minimum absolute atomic E-state index is 0.205.